The number of β-amino-alcohol motifs (C(OH)–C–C–N with tert-alkyl or cyclic N) is 1. The van der Waals surface area contributed by atoms with Crippen LogP contribution in [0.15, 0.2) is 12.1 Å². The molecule has 1 aromatic rings. The van der Waals surface area contributed by atoms with Crippen LogP contribution in [0.1, 0.15) is 5.56 Å². The minimum Gasteiger partial charge on any atom is -0.387 e. The van der Waals surface area contributed by atoms with E-state index in [0.29, 0.717) is 13.1 Å². The third kappa shape index (κ3) is 1.97. The Kier molecular flexibility index (Phi) is 2.66. The van der Waals surface area contributed by atoms with Gasteiger partial charge in [-0.25, -0.2) is 8.78 Å². The van der Waals surface area contributed by atoms with Crippen LogP contribution in [-0.4, -0.2) is 23.8 Å². The van der Waals surface area contributed by atoms with Crippen LogP contribution in [-0.2, 0) is 6.42 Å². The van der Waals surface area contributed by atoms with E-state index in [4.69, 9.17) is 11.6 Å². The summed E-state index contributed by atoms with van der Waals surface area (Å²) in [6, 6.07) is 2.27. The van der Waals surface area contributed by atoms with Gasteiger partial charge in [-0.15, -0.1) is 0 Å². The molecular formula is C10H10ClF2NO. The van der Waals surface area contributed by atoms with Crippen molar-refractivity contribution in [1.29, 1.82) is 0 Å². The second kappa shape index (κ2) is 3.70. The van der Waals surface area contributed by atoms with Gasteiger partial charge >= 0.3 is 0 Å². The zero-order valence-corrected chi connectivity index (χ0v) is 8.61. The molecule has 1 aliphatic rings. The first-order chi connectivity index (χ1) is 7.02. The first kappa shape index (κ1) is 10.8. The summed E-state index contributed by atoms with van der Waals surface area (Å²) < 4.78 is 26.7. The van der Waals surface area contributed by atoms with Gasteiger partial charge in [-0.2, -0.15) is 0 Å². The summed E-state index contributed by atoms with van der Waals surface area (Å²) >= 11 is 5.54. The molecule has 1 heterocycles. The Balaban J connectivity index is 2.30. The van der Waals surface area contributed by atoms with Gasteiger partial charge in [0.15, 0.2) is 0 Å². The summed E-state index contributed by atoms with van der Waals surface area (Å²) in [7, 11) is 0. The number of rotatable bonds is 2. The number of halogens is 3. The van der Waals surface area contributed by atoms with Gasteiger partial charge in [0.05, 0.1) is 10.6 Å². The number of aliphatic hydroxyl groups is 1. The molecule has 2 nitrogen and oxygen atoms in total. The van der Waals surface area contributed by atoms with Crippen molar-refractivity contribution in [2.75, 3.05) is 13.1 Å². The molecule has 0 aromatic heterocycles. The summed E-state index contributed by atoms with van der Waals surface area (Å²) in [5.41, 5.74) is -1.20. The van der Waals surface area contributed by atoms with Crippen molar-refractivity contribution >= 4 is 11.6 Å². The van der Waals surface area contributed by atoms with Crippen molar-refractivity contribution in [2.24, 2.45) is 0 Å². The first-order valence-corrected chi connectivity index (χ1v) is 4.95. The number of benzene rings is 1. The highest BCUT2D eigenvalue weighted by Gasteiger charge is 2.36. The Morgan fingerprint density at radius 2 is 2.07 bits per heavy atom. The van der Waals surface area contributed by atoms with E-state index in [1.807, 2.05) is 0 Å². The third-order valence-electron chi connectivity index (χ3n) is 2.55. The fourth-order valence-corrected chi connectivity index (χ4v) is 1.78. The number of nitrogens with one attached hydrogen (secondary N) is 1. The Labute approximate surface area is 90.9 Å². The van der Waals surface area contributed by atoms with Gasteiger partial charge in [0, 0.05) is 25.1 Å². The molecule has 0 saturated carbocycles. The normalized spacial score (nSPS) is 18.7. The van der Waals surface area contributed by atoms with Crippen LogP contribution in [0.5, 0.6) is 0 Å². The molecule has 0 bridgehead atoms. The van der Waals surface area contributed by atoms with Gasteiger partial charge in [-0.1, -0.05) is 11.6 Å². The van der Waals surface area contributed by atoms with E-state index in [1.165, 1.54) is 6.07 Å². The lowest BCUT2D eigenvalue weighted by atomic mass is 9.89. The average molecular weight is 234 g/mol. The molecule has 2 rings (SSSR count). The minimum atomic E-state index is -1.05. The highest BCUT2D eigenvalue weighted by Crippen LogP contribution is 2.26. The fourth-order valence-electron chi connectivity index (χ4n) is 1.60. The lowest BCUT2D eigenvalue weighted by molar-refractivity contribution is -0.0104. The molecule has 1 saturated heterocycles. The molecule has 0 atom stereocenters. The van der Waals surface area contributed by atoms with Crippen molar-refractivity contribution < 1.29 is 13.9 Å². The van der Waals surface area contributed by atoms with Crippen LogP contribution < -0.4 is 5.32 Å². The van der Waals surface area contributed by atoms with Crippen molar-refractivity contribution in [3.05, 3.63) is 34.4 Å². The Bertz CT molecular complexity index is 393. The van der Waals surface area contributed by atoms with Crippen LogP contribution in [0.3, 0.4) is 0 Å². The van der Waals surface area contributed by atoms with Crippen molar-refractivity contribution in [2.45, 2.75) is 12.0 Å². The second-order valence-electron chi connectivity index (χ2n) is 3.83. The molecule has 82 valence electrons. The summed E-state index contributed by atoms with van der Waals surface area (Å²) in [6.45, 7) is 0.691. The maximum Gasteiger partial charge on any atom is 0.148 e. The zero-order valence-electron chi connectivity index (χ0n) is 7.86. The van der Waals surface area contributed by atoms with Crippen molar-refractivity contribution in [3.8, 4) is 0 Å². The lowest BCUT2D eigenvalue weighted by Gasteiger charge is -2.37. The summed E-state index contributed by atoms with van der Waals surface area (Å²) in [6.07, 6.45) is -0.0573. The monoisotopic (exact) mass is 233 g/mol. The predicted octanol–water partition coefficient (Wildman–Crippen LogP) is 1.49. The van der Waals surface area contributed by atoms with Gasteiger partial charge in [0.25, 0.3) is 0 Å². The molecule has 0 unspecified atom stereocenters. The molecular weight excluding hydrogens is 224 g/mol. The van der Waals surface area contributed by atoms with Crippen LogP contribution >= 0.6 is 11.6 Å². The van der Waals surface area contributed by atoms with Gasteiger partial charge in [0.1, 0.15) is 11.6 Å². The minimum absolute atomic E-state index is 0.0573. The fraction of sp³-hybridized carbons (Fsp3) is 0.400. The topological polar surface area (TPSA) is 32.3 Å². The first-order valence-electron chi connectivity index (χ1n) is 4.57. The third-order valence-corrected chi connectivity index (χ3v) is 2.84. The van der Waals surface area contributed by atoms with E-state index >= 15 is 0 Å². The smallest absolute Gasteiger partial charge is 0.148 e. The maximum atomic E-state index is 13.4. The van der Waals surface area contributed by atoms with E-state index in [0.717, 1.165) is 6.07 Å². The molecule has 0 amide bonds. The van der Waals surface area contributed by atoms with E-state index in [9.17, 15) is 13.9 Å². The van der Waals surface area contributed by atoms with Crippen LogP contribution in [0, 0.1) is 11.6 Å². The predicted molar refractivity (Wildman–Crippen MR) is 52.9 cm³/mol. The highest BCUT2D eigenvalue weighted by molar-refractivity contribution is 6.30. The van der Waals surface area contributed by atoms with Gasteiger partial charge in [-0.05, 0) is 12.1 Å². The number of hydrogen-bond acceptors (Lipinski definition) is 2. The van der Waals surface area contributed by atoms with E-state index < -0.39 is 17.2 Å². The molecule has 2 N–H and O–H groups in total. The molecule has 5 heteroatoms. The highest BCUT2D eigenvalue weighted by atomic mass is 35.5. The van der Waals surface area contributed by atoms with Gasteiger partial charge < -0.3 is 10.4 Å². The van der Waals surface area contributed by atoms with E-state index in [-0.39, 0.29) is 17.0 Å². The largest absolute Gasteiger partial charge is 0.387 e. The molecule has 1 aromatic carbocycles. The lowest BCUT2D eigenvalue weighted by Crippen LogP contribution is -2.60. The van der Waals surface area contributed by atoms with Crippen LogP contribution in [0.4, 0.5) is 8.78 Å². The Hall–Kier alpha value is -0.710. The molecule has 0 radical (unpaired) electrons. The molecule has 15 heavy (non-hydrogen) atoms. The number of hydrogen-bond donors (Lipinski definition) is 2. The quantitative estimate of drug-likeness (QED) is 0.759. The Morgan fingerprint density at radius 3 is 2.60 bits per heavy atom. The van der Waals surface area contributed by atoms with Gasteiger partial charge in [-0.3, -0.25) is 0 Å². The zero-order chi connectivity index (χ0) is 11.1. The van der Waals surface area contributed by atoms with Gasteiger partial charge in [0.2, 0.25) is 0 Å². The summed E-state index contributed by atoms with van der Waals surface area (Å²) in [5.74, 6) is -1.45. The summed E-state index contributed by atoms with van der Waals surface area (Å²) in [4.78, 5) is 0. The summed E-state index contributed by atoms with van der Waals surface area (Å²) in [5, 5.41) is 12.5. The Morgan fingerprint density at radius 1 is 1.40 bits per heavy atom. The van der Waals surface area contributed by atoms with E-state index in [1.54, 1.807) is 0 Å². The van der Waals surface area contributed by atoms with Crippen molar-refractivity contribution in [3.63, 3.8) is 0 Å². The van der Waals surface area contributed by atoms with Crippen LogP contribution in [0.25, 0.3) is 0 Å². The standard InChI is InChI=1S/C10H10ClF2NO/c11-7-1-2-8(12)6(9(7)13)3-10(15)4-14-5-10/h1-2,14-15H,3-5H2. The molecule has 1 aliphatic heterocycles. The SMILES string of the molecule is OC1(Cc2c(F)ccc(Cl)c2F)CNC1. The average Bonchev–Trinajstić information content (AvgIpc) is 2.16. The molecule has 0 aliphatic carbocycles. The maximum absolute atomic E-state index is 13.4. The van der Waals surface area contributed by atoms with E-state index in [2.05, 4.69) is 5.32 Å². The second-order valence-corrected chi connectivity index (χ2v) is 4.23. The molecule has 1 fully saturated rings. The van der Waals surface area contributed by atoms with Crippen LogP contribution in [0.2, 0.25) is 5.02 Å². The van der Waals surface area contributed by atoms with Crippen molar-refractivity contribution in [1.82, 2.24) is 5.32 Å². The molecule has 0 spiro atoms.